The van der Waals surface area contributed by atoms with E-state index in [-0.39, 0.29) is 11.9 Å². The molecule has 1 saturated heterocycles. The number of morpholine rings is 1. The minimum atomic E-state index is -0.309. The molecule has 3 rings (SSSR count). The number of anilines is 3. The Morgan fingerprint density at radius 2 is 1.93 bits per heavy atom. The Morgan fingerprint density at radius 3 is 2.69 bits per heavy atom. The van der Waals surface area contributed by atoms with Crippen molar-refractivity contribution in [3.05, 3.63) is 47.7 Å². The van der Waals surface area contributed by atoms with Crippen LogP contribution in [0.3, 0.4) is 0 Å². The van der Waals surface area contributed by atoms with Gasteiger partial charge in [-0.05, 0) is 42.3 Å². The van der Waals surface area contributed by atoms with Crippen LogP contribution in [0.25, 0.3) is 0 Å². The lowest BCUT2D eigenvalue weighted by Gasteiger charge is -2.28. The minimum Gasteiger partial charge on any atom is -0.378 e. The van der Waals surface area contributed by atoms with Gasteiger partial charge in [0.05, 0.1) is 13.2 Å². The van der Waals surface area contributed by atoms with Crippen LogP contribution >= 0.6 is 0 Å². The molecule has 8 nitrogen and oxygen atoms in total. The van der Waals surface area contributed by atoms with Crippen molar-refractivity contribution in [1.82, 2.24) is 10.3 Å². The summed E-state index contributed by atoms with van der Waals surface area (Å²) in [6, 6.07) is 8.99. The summed E-state index contributed by atoms with van der Waals surface area (Å²) in [5, 5.41) is 8.51. The summed E-state index contributed by atoms with van der Waals surface area (Å²) < 4.78 is 5.37. The zero-order valence-electron chi connectivity index (χ0n) is 16.8. The highest BCUT2D eigenvalue weighted by molar-refractivity contribution is 5.94. The van der Waals surface area contributed by atoms with Crippen LogP contribution in [0.4, 0.5) is 22.0 Å². The lowest BCUT2D eigenvalue weighted by atomic mass is 10.1. The molecule has 3 N–H and O–H groups in total. The Balaban J connectivity index is 1.57. The number of benzene rings is 1. The number of urea groups is 1. The first-order chi connectivity index (χ1) is 14.0. The molecule has 0 spiro atoms. The molecule has 0 unspecified atom stereocenters. The van der Waals surface area contributed by atoms with E-state index in [4.69, 9.17) is 4.74 Å². The van der Waals surface area contributed by atoms with Crippen molar-refractivity contribution in [2.24, 2.45) is 0 Å². The fraction of sp³-hybridized carbons (Fsp3) is 0.381. The molecule has 0 atom stereocenters. The van der Waals surface area contributed by atoms with Gasteiger partial charge in [0.25, 0.3) is 0 Å². The van der Waals surface area contributed by atoms with E-state index in [1.165, 1.54) is 0 Å². The van der Waals surface area contributed by atoms with Crippen LogP contribution in [0.15, 0.2) is 36.5 Å². The number of carbonyl (C=O) groups excluding carboxylic acids is 2. The summed E-state index contributed by atoms with van der Waals surface area (Å²) in [7, 11) is 0. The highest BCUT2D eigenvalue weighted by Crippen LogP contribution is 2.20. The molecule has 0 bridgehead atoms. The van der Waals surface area contributed by atoms with Gasteiger partial charge >= 0.3 is 6.03 Å². The largest absolute Gasteiger partial charge is 0.378 e. The van der Waals surface area contributed by atoms with Gasteiger partial charge in [0, 0.05) is 43.6 Å². The Morgan fingerprint density at radius 1 is 1.14 bits per heavy atom. The maximum Gasteiger partial charge on any atom is 0.319 e. The summed E-state index contributed by atoms with van der Waals surface area (Å²) in [4.78, 5) is 30.5. The molecule has 2 heterocycles. The molecule has 2 aromatic rings. The van der Waals surface area contributed by atoms with Gasteiger partial charge in [-0.15, -0.1) is 0 Å². The Labute approximate surface area is 170 Å². The van der Waals surface area contributed by atoms with Crippen LogP contribution in [-0.4, -0.2) is 43.2 Å². The van der Waals surface area contributed by atoms with Gasteiger partial charge in [-0.25, -0.2) is 9.78 Å². The average molecular weight is 397 g/mol. The van der Waals surface area contributed by atoms with Gasteiger partial charge in [-0.1, -0.05) is 13.0 Å². The fourth-order valence-corrected chi connectivity index (χ4v) is 2.97. The predicted molar refractivity (Wildman–Crippen MR) is 113 cm³/mol. The van der Waals surface area contributed by atoms with Gasteiger partial charge in [-0.3, -0.25) is 4.79 Å². The molecule has 3 amide bonds. The second-order valence-corrected chi connectivity index (χ2v) is 6.86. The summed E-state index contributed by atoms with van der Waals surface area (Å²) >= 11 is 0. The molecule has 1 aliphatic rings. The lowest BCUT2D eigenvalue weighted by Crippen LogP contribution is -2.36. The summed E-state index contributed by atoms with van der Waals surface area (Å²) in [6.45, 7) is 7.10. The van der Waals surface area contributed by atoms with Gasteiger partial charge < -0.3 is 25.6 Å². The SMILES string of the molecule is CCC(=O)Nc1ccc(C)c(NC(=O)NCc2ccnc(N3CCOCC3)c2)c1. The number of nitrogens with one attached hydrogen (secondary N) is 3. The molecular weight excluding hydrogens is 370 g/mol. The Hall–Kier alpha value is -3.13. The molecule has 0 saturated carbocycles. The van der Waals surface area contributed by atoms with Crippen molar-refractivity contribution < 1.29 is 14.3 Å². The smallest absolute Gasteiger partial charge is 0.319 e. The fourth-order valence-electron chi connectivity index (χ4n) is 2.97. The topological polar surface area (TPSA) is 95.6 Å². The van der Waals surface area contributed by atoms with Crippen LogP contribution in [0.5, 0.6) is 0 Å². The third-order valence-electron chi connectivity index (χ3n) is 4.69. The van der Waals surface area contributed by atoms with Crippen molar-refractivity contribution in [2.45, 2.75) is 26.8 Å². The van der Waals surface area contributed by atoms with Gasteiger partial charge in [0.1, 0.15) is 5.82 Å². The number of rotatable bonds is 6. The molecule has 0 radical (unpaired) electrons. The van der Waals surface area contributed by atoms with Crippen LogP contribution in [0, 0.1) is 6.92 Å². The number of aryl methyl sites for hydroxylation is 1. The van der Waals surface area contributed by atoms with E-state index in [1.807, 2.05) is 31.2 Å². The van der Waals surface area contributed by atoms with Crippen molar-refractivity contribution >= 4 is 29.1 Å². The zero-order valence-corrected chi connectivity index (χ0v) is 16.8. The van der Waals surface area contributed by atoms with E-state index < -0.39 is 0 Å². The molecule has 1 aromatic heterocycles. The highest BCUT2D eigenvalue weighted by atomic mass is 16.5. The van der Waals surface area contributed by atoms with Crippen molar-refractivity contribution in [3.8, 4) is 0 Å². The lowest BCUT2D eigenvalue weighted by molar-refractivity contribution is -0.115. The van der Waals surface area contributed by atoms with Crippen LogP contribution in [-0.2, 0) is 16.1 Å². The van der Waals surface area contributed by atoms with E-state index in [0.29, 0.717) is 37.6 Å². The van der Waals surface area contributed by atoms with Crippen molar-refractivity contribution in [3.63, 3.8) is 0 Å². The van der Waals surface area contributed by atoms with Crippen LogP contribution in [0.1, 0.15) is 24.5 Å². The molecule has 29 heavy (non-hydrogen) atoms. The highest BCUT2D eigenvalue weighted by Gasteiger charge is 2.13. The predicted octanol–water partition coefficient (Wildman–Crippen LogP) is 2.90. The molecular formula is C21H27N5O3. The summed E-state index contributed by atoms with van der Waals surface area (Å²) in [5.74, 6) is 0.821. The first-order valence-electron chi connectivity index (χ1n) is 9.78. The number of pyridine rings is 1. The summed E-state index contributed by atoms with van der Waals surface area (Å²) in [6.07, 6.45) is 2.15. The van der Waals surface area contributed by atoms with Gasteiger partial charge in [-0.2, -0.15) is 0 Å². The molecule has 1 aromatic carbocycles. The molecule has 1 aliphatic heterocycles. The third-order valence-corrected chi connectivity index (χ3v) is 4.69. The van der Waals surface area contributed by atoms with Crippen molar-refractivity contribution in [1.29, 1.82) is 0 Å². The van der Waals surface area contributed by atoms with E-state index in [9.17, 15) is 9.59 Å². The Bertz CT molecular complexity index is 865. The number of carbonyl (C=O) groups is 2. The third kappa shape index (κ3) is 5.92. The molecule has 154 valence electrons. The number of amides is 3. The molecule has 8 heteroatoms. The number of nitrogens with zero attached hydrogens (tertiary/aromatic N) is 2. The molecule has 1 fully saturated rings. The zero-order chi connectivity index (χ0) is 20.6. The number of hydrogen-bond acceptors (Lipinski definition) is 5. The van der Waals surface area contributed by atoms with Gasteiger partial charge in [0.2, 0.25) is 5.91 Å². The quantitative estimate of drug-likeness (QED) is 0.697. The van der Waals surface area contributed by atoms with E-state index in [1.54, 1.807) is 19.2 Å². The van der Waals surface area contributed by atoms with Crippen molar-refractivity contribution in [2.75, 3.05) is 41.8 Å². The van der Waals surface area contributed by atoms with E-state index in [0.717, 1.165) is 30.0 Å². The first kappa shape index (κ1) is 20.6. The first-order valence-corrected chi connectivity index (χ1v) is 9.78. The standard InChI is InChI=1S/C21H27N5O3/c1-3-20(27)24-17-5-4-15(2)18(13-17)25-21(28)23-14-16-6-7-22-19(12-16)26-8-10-29-11-9-26/h4-7,12-13H,3,8-11,14H2,1-2H3,(H,24,27)(H2,23,25,28). The minimum absolute atomic E-state index is 0.0713. The van der Waals surface area contributed by atoms with E-state index >= 15 is 0 Å². The van der Waals surface area contributed by atoms with Crippen LogP contribution < -0.4 is 20.9 Å². The second-order valence-electron chi connectivity index (χ2n) is 6.86. The number of hydrogen-bond donors (Lipinski definition) is 3. The second kappa shape index (κ2) is 9.88. The van der Waals surface area contributed by atoms with Crippen LogP contribution in [0.2, 0.25) is 0 Å². The summed E-state index contributed by atoms with van der Waals surface area (Å²) in [5.41, 5.74) is 3.19. The van der Waals surface area contributed by atoms with Gasteiger partial charge in [0.15, 0.2) is 0 Å². The van der Waals surface area contributed by atoms with E-state index in [2.05, 4.69) is 25.8 Å². The Kier molecular flexibility index (Phi) is 7.02. The monoisotopic (exact) mass is 397 g/mol. The normalized spacial score (nSPS) is 13.7. The maximum atomic E-state index is 12.4. The maximum absolute atomic E-state index is 12.4. The number of ether oxygens (including phenoxy) is 1. The molecule has 0 aliphatic carbocycles. The number of aromatic nitrogens is 1. The average Bonchev–Trinajstić information content (AvgIpc) is 2.75.